The molecule has 0 spiro atoms. The Morgan fingerprint density at radius 3 is 1.48 bits per heavy atom. The zero-order valence-corrected chi connectivity index (χ0v) is 66.1. The largest absolute Gasteiger partial charge is 0.508 e. The van der Waals surface area contributed by atoms with Gasteiger partial charge in [0.1, 0.15) is 66.2 Å². The number of phenols is 1. The minimum absolute atomic E-state index is 0.0341. The molecule has 1 aliphatic rings. The third kappa shape index (κ3) is 29.1. The smallest absolute Gasteiger partial charge is 0.245 e. The van der Waals surface area contributed by atoms with Crippen molar-refractivity contribution in [3.05, 3.63) is 143 Å². The predicted octanol–water partition coefficient (Wildman–Crippen LogP) is 2.44. The van der Waals surface area contributed by atoms with E-state index in [1.165, 1.54) is 55.4 Å². The maximum Gasteiger partial charge on any atom is 0.245 e. The number of nitrogens with one attached hydrogen (secondary N) is 9. The molecule has 10 atom stereocenters. The van der Waals surface area contributed by atoms with Gasteiger partial charge in [0.15, 0.2) is 11.9 Å². The Labute approximate surface area is 660 Å². The van der Waals surface area contributed by atoms with Gasteiger partial charge in [-0.2, -0.15) is 0 Å². The van der Waals surface area contributed by atoms with Crippen LogP contribution in [-0.4, -0.2) is 220 Å². The monoisotopic (exact) mass is 1570 g/mol. The number of aromatic hydroxyl groups is 1. The summed E-state index contributed by atoms with van der Waals surface area (Å²) in [5, 5.41) is 48.1. The van der Waals surface area contributed by atoms with Crippen molar-refractivity contribution >= 4 is 99.3 Å². The molecule has 32 heteroatoms. The molecule has 1 aromatic heterocycles. The van der Waals surface area contributed by atoms with Crippen LogP contribution in [0.15, 0.2) is 126 Å². The van der Waals surface area contributed by atoms with Gasteiger partial charge in [-0.25, -0.2) is 0 Å². The number of hydrogen-bond donors (Lipinski definition) is 14. The van der Waals surface area contributed by atoms with Gasteiger partial charge in [0.2, 0.25) is 65.0 Å². The average Bonchev–Trinajstić information content (AvgIpc) is 0.911. The number of aliphatic hydroxyl groups is 1. The van der Waals surface area contributed by atoms with Crippen LogP contribution in [0.1, 0.15) is 135 Å². The van der Waals surface area contributed by atoms with Crippen LogP contribution >= 0.6 is 11.6 Å². The highest BCUT2D eigenvalue weighted by molar-refractivity contribution is 6.30. The van der Waals surface area contributed by atoms with Crippen LogP contribution in [0.5, 0.6) is 5.75 Å². The maximum absolute atomic E-state index is 15.2. The molecular formula is C80H113ClN18O13. The van der Waals surface area contributed by atoms with Gasteiger partial charge in [0, 0.05) is 95.8 Å². The number of aromatic nitrogens is 1. The lowest BCUT2D eigenvalue weighted by Crippen LogP contribution is -2.61. The average molecular weight is 1570 g/mol. The van der Waals surface area contributed by atoms with Crippen molar-refractivity contribution in [3.63, 3.8) is 0 Å². The molecule has 0 saturated carbocycles. The Morgan fingerprint density at radius 2 is 0.973 bits per heavy atom. The molecule has 0 unspecified atom stereocenters. The number of fused-ring (bicyclic) bond motifs is 1. The van der Waals surface area contributed by atoms with Crippen molar-refractivity contribution in [1.29, 1.82) is 0 Å². The summed E-state index contributed by atoms with van der Waals surface area (Å²) in [5.74, 6) is -8.35. The first-order chi connectivity index (χ1) is 53.5. The van der Waals surface area contributed by atoms with Crippen LogP contribution in [0.4, 0.5) is 0 Å². The van der Waals surface area contributed by atoms with Crippen LogP contribution in [0.3, 0.4) is 0 Å². The number of amides is 11. The molecule has 0 aliphatic carbocycles. The van der Waals surface area contributed by atoms with E-state index in [1.807, 2.05) is 93.8 Å². The van der Waals surface area contributed by atoms with Gasteiger partial charge in [0.05, 0.1) is 6.61 Å². The first kappa shape index (κ1) is 89.9. The number of phenolic OH excluding ortho intramolecular Hbond substituents is 1. The number of hydrogen-bond acceptors (Lipinski definition) is 16. The summed E-state index contributed by atoms with van der Waals surface area (Å²) in [4.78, 5) is 176. The van der Waals surface area contributed by atoms with Gasteiger partial charge in [-0.3, -0.25) is 67.7 Å². The lowest BCUT2D eigenvalue weighted by molar-refractivity contribution is -0.142. The van der Waals surface area contributed by atoms with Gasteiger partial charge in [-0.15, -0.1) is 0 Å². The molecule has 608 valence electrons. The predicted molar refractivity (Wildman–Crippen MR) is 428 cm³/mol. The van der Waals surface area contributed by atoms with E-state index in [2.05, 4.69) is 62.8 Å². The Balaban J connectivity index is 1.29. The second-order valence-corrected chi connectivity index (χ2v) is 28.7. The Kier molecular flexibility index (Phi) is 37.0. The lowest BCUT2D eigenvalue weighted by Gasteiger charge is -2.31. The highest BCUT2D eigenvalue weighted by atomic mass is 35.5. The van der Waals surface area contributed by atoms with Crippen molar-refractivity contribution in [2.24, 2.45) is 33.1 Å². The number of likely N-dealkylation sites (tertiary alicyclic amines) is 1. The quantitative estimate of drug-likeness (QED) is 0.0151. The SMILES string of the molecule is CCN(CC)C(N)=NCCCC[C@H](NC(=O)[C@H](CC(C)C)NC(=O)[C@@H](CCCCN=C(N)N(CC)CC)NC(=O)[C@H](Cc1ccc(O)cc1)NC(=O)[C@H](CO)NC(=O)[C@@H](Cc1cccnc1)NC(=O)[C@H](Cc1ccc(Cl)cc1)NC(=O)[C@@H](Cc1ccc2ccccc2c1)NC(C)=O)C(=O)N1CCC[C@@H]1C(=O)N[C@@H](C)C(N)=O. The van der Waals surface area contributed by atoms with Crippen molar-refractivity contribution in [3.8, 4) is 5.75 Å². The van der Waals surface area contributed by atoms with Gasteiger partial charge in [-0.05, 0) is 162 Å². The number of pyridine rings is 1. The van der Waals surface area contributed by atoms with E-state index in [-0.39, 0.29) is 82.5 Å². The minimum atomic E-state index is -1.83. The second kappa shape index (κ2) is 46.0. The van der Waals surface area contributed by atoms with E-state index in [1.54, 1.807) is 36.4 Å². The van der Waals surface area contributed by atoms with Gasteiger partial charge in [0.25, 0.3) is 0 Å². The number of nitrogens with zero attached hydrogens (tertiary/aromatic N) is 6. The molecule has 1 aliphatic heterocycles. The van der Waals surface area contributed by atoms with Crippen molar-refractivity contribution in [2.75, 3.05) is 52.4 Å². The van der Waals surface area contributed by atoms with Crippen molar-refractivity contribution in [2.45, 2.75) is 199 Å². The molecule has 5 aromatic rings. The molecule has 11 amide bonds. The molecule has 112 heavy (non-hydrogen) atoms. The minimum Gasteiger partial charge on any atom is -0.508 e. The molecule has 6 rings (SSSR count). The highest BCUT2D eigenvalue weighted by Crippen LogP contribution is 2.23. The number of carbonyl (C=O) groups is 11. The molecule has 4 aromatic carbocycles. The van der Waals surface area contributed by atoms with Crippen molar-refractivity contribution in [1.82, 2.24) is 67.5 Å². The standard InChI is InChI=1S/C80H113ClN18O13/c1-9-97(10-2)79(83)86-38-17-15-24-60(70(104)92-62(41-49(5)6)71(105)91-61(25-16-18-39-87-80(84)98(11-3)12-4)78(112)99-40-20-26-68(99)77(111)88-50(7)69(82)103)90-73(107)64(44-53-30-35-59(102)36-31-53)95-76(110)67(48-100)96-75(109)66(46-55-21-19-37-85-47-55)94-74(108)65(43-52-28-33-58(81)34-29-52)93-72(106)63(89-51(8)101)45-54-27-32-56-22-13-14-23-57(56)42-54/h13-14,19,21-23,27-37,42,47,49-50,60-68,100,102H,9-12,15-18,20,24-26,38-41,43-46,48H2,1-8H3,(H2,82,103)(H2,83,86)(H2,84,87)(H,88,111)(H,89,101)(H,90,107)(H,91,105)(H,92,104)(H,93,106)(H,94,108)(H,95,110)(H,96,109)/t50-,60+,61-,62-,63+,64-,65-,66+,67-,68+/m0/s1. The van der Waals surface area contributed by atoms with Crippen LogP contribution < -0.4 is 65.1 Å². The van der Waals surface area contributed by atoms with Crippen LogP contribution in [-0.2, 0) is 78.4 Å². The number of nitrogens with two attached hydrogens (primary N) is 3. The Morgan fingerprint density at radius 1 is 0.527 bits per heavy atom. The molecule has 1 fully saturated rings. The highest BCUT2D eigenvalue weighted by Gasteiger charge is 2.40. The third-order valence-corrected chi connectivity index (χ3v) is 19.5. The number of benzene rings is 4. The summed E-state index contributed by atoms with van der Waals surface area (Å²) in [5.41, 5.74) is 20.2. The molecular weight excluding hydrogens is 1460 g/mol. The molecule has 17 N–H and O–H groups in total. The summed E-state index contributed by atoms with van der Waals surface area (Å²) in [6, 6.07) is 15.1. The maximum atomic E-state index is 15.2. The van der Waals surface area contributed by atoms with E-state index in [0.717, 1.165) is 10.8 Å². The van der Waals surface area contributed by atoms with E-state index >= 15 is 9.59 Å². The molecule has 2 heterocycles. The molecule has 1 saturated heterocycles. The topological polar surface area (TPSA) is 462 Å². The van der Waals surface area contributed by atoms with Crippen molar-refractivity contribution < 1.29 is 63.0 Å². The van der Waals surface area contributed by atoms with Gasteiger partial charge >= 0.3 is 0 Å². The van der Waals surface area contributed by atoms with E-state index in [4.69, 9.17) is 28.8 Å². The first-order valence-corrected chi connectivity index (χ1v) is 38.8. The fourth-order valence-corrected chi connectivity index (χ4v) is 13.1. The first-order valence-electron chi connectivity index (χ1n) is 38.4. The Bertz CT molecular complexity index is 4010. The number of aliphatic imine (C=N–C) groups is 2. The second-order valence-electron chi connectivity index (χ2n) is 28.3. The summed E-state index contributed by atoms with van der Waals surface area (Å²) in [7, 11) is 0. The fourth-order valence-electron chi connectivity index (χ4n) is 13.0. The van der Waals surface area contributed by atoms with E-state index in [0.29, 0.717) is 97.6 Å². The number of aliphatic hydroxyl groups excluding tert-OH is 1. The van der Waals surface area contributed by atoms with Crippen LogP contribution in [0, 0.1) is 5.92 Å². The molecule has 0 radical (unpaired) electrons. The number of rotatable bonds is 44. The zero-order valence-electron chi connectivity index (χ0n) is 65.3. The Hall–Kier alpha value is -11.0. The van der Waals surface area contributed by atoms with Gasteiger partial charge in [-0.1, -0.05) is 98.2 Å². The lowest BCUT2D eigenvalue weighted by atomic mass is 9.99. The summed E-state index contributed by atoms with van der Waals surface area (Å²) < 4.78 is 0. The number of guanidine groups is 2. The summed E-state index contributed by atoms with van der Waals surface area (Å²) in [6.45, 7) is 16.2. The number of primary amides is 1. The van der Waals surface area contributed by atoms with Gasteiger partial charge < -0.3 is 90.0 Å². The van der Waals surface area contributed by atoms with Crippen LogP contribution in [0.2, 0.25) is 5.02 Å². The number of halogens is 1. The molecule has 0 bridgehead atoms. The fraction of sp³-hybridized carbons (Fsp3) is 0.500. The normalized spacial score (nSPS) is 15.3. The summed E-state index contributed by atoms with van der Waals surface area (Å²) >= 11 is 6.26. The number of carbonyl (C=O) groups excluding carboxylic acids is 11. The van der Waals surface area contributed by atoms with E-state index < -0.39 is 132 Å². The molecule has 31 nitrogen and oxygen atoms in total. The van der Waals surface area contributed by atoms with E-state index in [9.17, 15) is 53.4 Å². The summed E-state index contributed by atoms with van der Waals surface area (Å²) in [6.07, 6.45) is 4.50. The third-order valence-electron chi connectivity index (χ3n) is 19.3. The number of unbranched alkanes of at least 4 members (excludes halogenated alkanes) is 2. The zero-order chi connectivity index (χ0) is 82.0. The van der Waals surface area contributed by atoms with Crippen LogP contribution in [0.25, 0.3) is 10.8 Å².